The normalized spacial score (nSPS) is 12.7. The number of imidazole rings is 1. The summed E-state index contributed by atoms with van der Waals surface area (Å²) in [6, 6.07) is 43.6. The smallest absolute Gasteiger partial charge is 0.142 e. The van der Waals surface area contributed by atoms with Crippen molar-refractivity contribution in [2.45, 2.75) is 24.3 Å². The number of aryl methyl sites for hydroxylation is 1. The van der Waals surface area contributed by atoms with Gasteiger partial charge in [0.05, 0.1) is 17.0 Å². The first-order valence-corrected chi connectivity index (χ1v) is 15.3. The maximum Gasteiger partial charge on any atom is 0.142 e. The summed E-state index contributed by atoms with van der Waals surface area (Å²) in [5.41, 5.74) is 2.97. The molecule has 4 nitrogen and oxygen atoms in total. The van der Waals surface area contributed by atoms with Crippen LogP contribution in [-0.2, 0) is 17.4 Å². The van der Waals surface area contributed by atoms with Crippen molar-refractivity contribution >= 4 is 21.6 Å². The first-order chi connectivity index (χ1) is 21.5. The zero-order valence-corrected chi connectivity index (χ0v) is 25.7. The highest BCUT2D eigenvalue weighted by molar-refractivity contribution is 9.10. The summed E-state index contributed by atoms with van der Waals surface area (Å²) >= 11 is 3.61. The van der Waals surface area contributed by atoms with Gasteiger partial charge in [0.1, 0.15) is 17.2 Å². The number of anilines is 1. The number of aromatic amines is 1. The molecule has 1 heterocycles. The van der Waals surface area contributed by atoms with Crippen LogP contribution in [0.4, 0.5) is 10.1 Å². The molecule has 0 radical (unpaired) electrons. The SMILES string of the molecule is CCc1cc(C(Nc2ccc(C#N)cc2)(c2ncc[nH]2)C(c2ccccc2)(c2ccccc2)c2ccccc2)c(F)cc1Br. The summed E-state index contributed by atoms with van der Waals surface area (Å²) < 4.78 is 17.7. The minimum atomic E-state index is -1.39. The van der Waals surface area contributed by atoms with Crippen LogP contribution in [-0.4, -0.2) is 9.97 Å². The number of benzene rings is 5. The van der Waals surface area contributed by atoms with Crippen LogP contribution in [0.5, 0.6) is 0 Å². The Morgan fingerprint density at radius 3 is 1.82 bits per heavy atom. The Labute approximate surface area is 265 Å². The number of rotatable bonds is 9. The molecule has 0 amide bonds. The zero-order chi connectivity index (χ0) is 30.6. The second-order valence-electron chi connectivity index (χ2n) is 10.6. The molecule has 0 aliphatic carbocycles. The van der Waals surface area contributed by atoms with Gasteiger partial charge in [-0.05, 0) is 65.1 Å². The van der Waals surface area contributed by atoms with Crippen LogP contribution in [0.25, 0.3) is 0 Å². The topological polar surface area (TPSA) is 64.5 Å². The molecule has 1 unspecified atom stereocenters. The summed E-state index contributed by atoms with van der Waals surface area (Å²) in [5.74, 6) is 0.139. The van der Waals surface area contributed by atoms with Gasteiger partial charge < -0.3 is 10.3 Å². The van der Waals surface area contributed by atoms with E-state index in [1.165, 1.54) is 0 Å². The quantitative estimate of drug-likeness (QED) is 0.155. The third-order valence-corrected chi connectivity index (χ3v) is 9.04. The van der Waals surface area contributed by atoms with Crippen LogP contribution in [0.15, 0.2) is 144 Å². The first-order valence-electron chi connectivity index (χ1n) is 14.5. The van der Waals surface area contributed by atoms with Gasteiger partial charge in [-0.2, -0.15) is 5.26 Å². The Bertz CT molecular complexity index is 1790. The van der Waals surface area contributed by atoms with Crippen LogP contribution in [0.1, 0.15) is 46.1 Å². The molecule has 44 heavy (non-hydrogen) atoms. The van der Waals surface area contributed by atoms with E-state index in [-0.39, 0.29) is 0 Å². The highest BCUT2D eigenvalue weighted by Gasteiger charge is 2.60. The van der Waals surface area contributed by atoms with E-state index in [2.05, 4.69) is 75.6 Å². The molecule has 1 atom stereocenters. The monoisotopic (exact) mass is 640 g/mol. The van der Waals surface area contributed by atoms with Gasteiger partial charge in [0, 0.05) is 28.1 Å². The Balaban J connectivity index is 1.88. The van der Waals surface area contributed by atoms with Crippen LogP contribution >= 0.6 is 15.9 Å². The number of hydrogen-bond donors (Lipinski definition) is 2. The summed E-state index contributed by atoms with van der Waals surface area (Å²) in [7, 11) is 0. The molecule has 6 aromatic rings. The van der Waals surface area contributed by atoms with E-state index in [1.807, 2.05) is 72.8 Å². The molecule has 1 aromatic heterocycles. The average Bonchev–Trinajstić information content (AvgIpc) is 3.62. The lowest BCUT2D eigenvalue weighted by Gasteiger charge is -2.52. The molecule has 0 aliphatic rings. The molecule has 0 bridgehead atoms. The van der Waals surface area contributed by atoms with E-state index < -0.39 is 16.8 Å². The third-order valence-electron chi connectivity index (χ3n) is 8.30. The highest BCUT2D eigenvalue weighted by Crippen LogP contribution is 2.56. The summed E-state index contributed by atoms with van der Waals surface area (Å²) in [4.78, 5) is 8.32. The van der Waals surface area contributed by atoms with Gasteiger partial charge in [-0.25, -0.2) is 9.37 Å². The molecule has 5 aromatic carbocycles. The Morgan fingerprint density at radius 2 is 1.36 bits per heavy atom. The predicted molar refractivity (Wildman–Crippen MR) is 177 cm³/mol. The molecule has 0 aliphatic heterocycles. The van der Waals surface area contributed by atoms with Crippen molar-refractivity contribution in [2.24, 2.45) is 0 Å². The Morgan fingerprint density at radius 1 is 0.818 bits per heavy atom. The molecular weight excluding hydrogens is 611 g/mol. The van der Waals surface area contributed by atoms with Crippen molar-refractivity contribution in [1.82, 2.24) is 9.97 Å². The first kappa shape index (κ1) is 29.1. The third kappa shape index (κ3) is 4.80. The molecule has 0 saturated carbocycles. The lowest BCUT2D eigenvalue weighted by molar-refractivity contribution is 0.369. The highest BCUT2D eigenvalue weighted by atomic mass is 79.9. The maximum atomic E-state index is 17.0. The van der Waals surface area contributed by atoms with Crippen molar-refractivity contribution in [1.29, 1.82) is 5.26 Å². The van der Waals surface area contributed by atoms with Crippen molar-refractivity contribution in [3.63, 3.8) is 0 Å². The van der Waals surface area contributed by atoms with E-state index in [0.717, 1.165) is 22.3 Å². The van der Waals surface area contributed by atoms with Gasteiger partial charge in [0.15, 0.2) is 0 Å². The minimum absolute atomic E-state index is 0.390. The number of H-pyrrole nitrogens is 1. The van der Waals surface area contributed by atoms with Crippen LogP contribution in [0.2, 0.25) is 0 Å². The number of nitriles is 1. The van der Waals surface area contributed by atoms with Crippen LogP contribution < -0.4 is 5.32 Å². The van der Waals surface area contributed by atoms with E-state index in [1.54, 1.807) is 30.6 Å². The number of hydrogen-bond acceptors (Lipinski definition) is 3. The maximum absolute atomic E-state index is 17.0. The minimum Gasteiger partial charge on any atom is -0.368 e. The van der Waals surface area contributed by atoms with Gasteiger partial charge in [0.25, 0.3) is 0 Å². The van der Waals surface area contributed by atoms with E-state index in [0.29, 0.717) is 33.5 Å². The molecule has 0 saturated heterocycles. The Kier molecular flexibility index (Phi) is 8.15. The van der Waals surface area contributed by atoms with Crippen LogP contribution in [0, 0.1) is 17.1 Å². The van der Waals surface area contributed by atoms with E-state index in [9.17, 15) is 5.26 Å². The summed E-state index contributed by atoms with van der Waals surface area (Å²) in [5, 5.41) is 13.4. The van der Waals surface area contributed by atoms with Crippen molar-refractivity contribution in [3.05, 3.63) is 189 Å². The molecule has 0 fully saturated rings. The predicted octanol–water partition coefficient (Wildman–Crippen LogP) is 9.14. The fourth-order valence-corrected chi connectivity index (χ4v) is 7.00. The Hall–Kier alpha value is -4.99. The average molecular weight is 642 g/mol. The number of nitrogens with zero attached hydrogens (tertiary/aromatic N) is 2. The molecule has 216 valence electrons. The fourth-order valence-electron chi connectivity index (χ4n) is 6.41. The second-order valence-corrected chi connectivity index (χ2v) is 11.5. The number of aromatic nitrogens is 2. The van der Waals surface area contributed by atoms with E-state index in [4.69, 9.17) is 4.98 Å². The standard InChI is InChI=1S/C38H30BrFN4/c1-2-28-24-33(35(40)25-34(28)39)38(36-42-22-23-43-36,44-32-20-18-27(26-41)19-21-32)37(29-12-6-3-7-13-29,30-14-8-4-9-15-30)31-16-10-5-11-17-31/h3-25,44H,2H2,1H3,(H,42,43). The summed E-state index contributed by atoms with van der Waals surface area (Å²) in [6.45, 7) is 2.06. The van der Waals surface area contributed by atoms with Crippen molar-refractivity contribution < 1.29 is 4.39 Å². The lowest BCUT2D eigenvalue weighted by Crippen LogP contribution is -2.58. The zero-order valence-electron chi connectivity index (χ0n) is 24.1. The molecule has 0 spiro atoms. The van der Waals surface area contributed by atoms with Gasteiger partial charge in [0.2, 0.25) is 0 Å². The lowest BCUT2D eigenvalue weighted by atomic mass is 9.54. The molecule has 6 heteroatoms. The molecule has 2 N–H and O–H groups in total. The van der Waals surface area contributed by atoms with Gasteiger partial charge in [-0.3, -0.25) is 0 Å². The number of nitrogens with one attached hydrogen (secondary N) is 2. The van der Waals surface area contributed by atoms with Gasteiger partial charge in [-0.1, -0.05) is 114 Å². The molecule has 6 rings (SSSR count). The molecular formula is C38H30BrFN4. The van der Waals surface area contributed by atoms with Crippen molar-refractivity contribution in [2.75, 3.05) is 5.32 Å². The largest absolute Gasteiger partial charge is 0.368 e. The summed E-state index contributed by atoms with van der Waals surface area (Å²) in [6.07, 6.45) is 4.16. The fraction of sp³-hybridized carbons (Fsp3) is 0.105. The second kappa shape index (κ2) is 12.3. The van der Waals surface area contributed by atoms with Gasteiger partial charge >= 0.3 is 0 Å². The van der Waals surface area contributed by atoms with E-state index >= 15 is 4.39 Å². The van der Waals surface area contributed by atoms with Crippen LogP contribution in [0.3, 0.4) is 0 Å². The van der Waals surface area contributed by atoms with Gasteiger partial charge in [-0.15, -0.1) is 0 Å². The van der Waals surface area contributed by atoms with Crippen molar-refractivity contribution in [3.8, 4) is 6.07 Å². The number of halogens is 2.